The van der Waals surface area contributed by atoms with Gasteiger partial charge in [-0.1, -0.05) is 59.7 Å². The normalized spacial score (nSPS) is 20.4. The van der Waals surface area contributed by atoms with Crippen LogP contribution in [-0.2, 0) is 10.8 Å². The highest BCUT2D eigenvalue weighted by atomic mass is 16.5. The molecule has 1 saturated heterocycles. The topological polar surface area (TPSA) is 27.1 Å². The average molecular weight is 622 g/mol. The summed E-state index contributed by atoms with van der Waals surface area (Å²) in [6, 6.07) is 31.1. The molecule has 0 radical (unpaired) electrons. The van der Waals surface area contributed by atoms with Gasteiger partial charge in [0.1, 0.15) is 23.0 Å². The van der Waals surface area contributed by atoms with E-state index in [1.165, 1.54) is 50.1 Å². The van der Waals surface area contributed by atoms with E-state index >= 15 is 0 Å². The second-order valence-corrected chi connectivity index (χ2v) is 16.1. The molecule has 2 aromatic heterocycles. The molecule has 3 aliphatic rings. The highest BCUT2D eigenvalue weighted by molar-refractivity contribution is 6.09. The molecule has 6 aromatic rings. The van der Waals surface area contributed by atoms with E-state index in [-0.39, 0.29) is 10.8 Å². The monoisotopic (exact) mass is 621 g/mol. The predicted molar refractivity (Wildman–Crippen MR) is 197 cm³/mol. The molecule has 3 aliphatic heterocycles. The van der Waals surface area contributed by atoms with Crippen LogP contribution in [0.3, 0.4) is 0 Å². The summed E-state index contributed by atoms with van der Waals surface area (Å²) in [7, 11) is 2.32. The van der Waals surface area contributed by atoms with E-state index in [1.54, 1.807) is 0 Å². The molecule has 5 heteroatoms. The number of hydrogen-bond donors (Lipinski definition) is 0. The Morgan fingerprint density at radius 2 is 1.38 bits per heavy atom. The van der Waals surface area contributed by atoms with E-state index in [0.717, 1.165) is 44.0 Å². The summed E-state index contributed by atoms with van der Waals surface area (Å²) in [5, 5.41) is 2.39. The van der Waals surface area contributed by atoms with Crippen molar-refractivity contribution in [3.63, 3.8) is 0 Å². The van der Waals surface area contributed by atoms with Crippen molar-refractivity contribution in [3.8, 4) is 17.3 Å². The Labute approximate surface area is 278 Å². The number of hydrogen-bond acceptors (Lipinski definition) is 2. The van der Waals surface area contributed by atoms with Gasteiger partial charge in [-0.15, -0.1) is 0 Å². The predicted octanol–water partition coefficient (Wildman–Crippen LogP) is 10.9. The van der Waals surface area contributed by atoms with Crippen LogP contribution >= 0.6 is 0 Å². The fourth-order valence-electron chi connectivity index (χ4n) is 7.66. The first kappa shape index (κ1) is 29.9. The molecular formula is C42H45N4O+. The van der Waals surface area contributed by atoms with Gasteiger partial charge in [0.05, 0.1) is 24.7 Å². The quantitative estimate of drug-likeness (QED) is 0.145. The van der Waals surface area contributed by atoms with Crippen LogP contribution in [0.15, 0.2) is 91.1 Å². The second kappa shape index (κ2) is 9.79. The number of aryl methyl sites for hydroxylation is 2. The van der Waals surface area contributed by atoms with Crippen molar-refractivity contribution in [2.24, 2.45) is 0 Å². The zero-order valence-corrected chi connectivity index (χ0v) is 29.1. The number of para-hydroxylation sites is 1. The second-order valence-electron chi connectivity index (χ2n) is 16.1. The number of nitrogens with zero attached hydrogens (tertiary/aromatic N) is 4. The summed E-state index contributed by atoms with van der Waals surface area (Å²) in [5.41, 5.74) is 11.4. The van der Waals surface area contributed by atoms with Gasteiger partial charge in [0.15, 0.2) is 18.0 Å². The van der Waals surface area contributed by atoms with E-state index in [0.29, 0.717) is 0 Å². The first-order valence-corrected chi connectivity index (χ1v) is 16.7. The Balaban J connectivity index is 1.26. The lowest BCUT2D eigenvalue weighted by atomic mass is 9.86. The molecule has 238 valence electrons. The Morgan fingerprint density at radius 1 is 0.702 bits per heavy atom. The van der Waals surface area contributed by atoms with Crippen molar-refractivity contribution >= 4 is 38.9 Å². The molecule has 4 aromatic carbocycles. The van der Waals surface area contributed by atoms with E-state index in [1.807, 2.05) is 6.20 Å². The maximum atomic E-state index is 6.84. The van der Waals surface area contributed by atoms with E-state index in [2.05, 4.69) is 159 Å². The Bertz CT molecular complexity index is 2240. The molecule has 5 heterocycles. The first-order valence-electron chi connectivity index (χ1n) is 16.7. The van der Waals surface area contributed by atoms with Gasteiger partial charge >= 0.3 is 0 Å². The summed E-state index contributed by atoms with van der Waals surface area (Å²) in [6.07, 6.45) is 1.93. The Morgan fingerprint density at radius 3 is 2.11 bits per heavy atom. The molecular weight excluding hydrogens is 576 g/mol. The Kier molecular flexibility index (Phi) is 6.23. The van der Waals surface area contributed by atoms with Crippen molar-refractivity contribution in [1.29, 1.82) is 0 Å². The highest BCUT2D eigenvalue weighted by Crippen LogP contribution is 2.61. The fraction of sp³-hybridized carbons (Fsp3) is 0.286. The van der Waals surface area contributed by atoms with Crippen molar-refractivity contribution in [1.82, 2.24) is 18.5 Å². The van der Waals surface area contributed by atoms with Gasteiger partial charge in [-0.3, -0.25) is 9.05 Å². The number of ether oxygens (including phenoxy) is 1. The fourth-order valence-corrected chi connectivity index (χ4v) is 7.66. The molecule has 0 saturated carbocycles. The van der Waals surface area contributed by atoms with Gasteiger partial charge in [-0.25, -0.2) is 4.98 Å². The third-order valence-electron chi connectivity index (χ3n) is 10.5. The largest absolute Gasteiger partial charge is 0.457 e. The van der Waals surface area contributed by atoms with Gasteiger partial charge in [0, 0.05) is 47.3 Å². The van der Waals surface area contributed by atoms with Crippen LogP contribution in [-0.4, -0.2) is 23.3 Å². The van der Waals surface area contributed by atoms with Gasteiger partial charge in [-0.2, -0.15) is 0 Å². The van der Waals surface area contributed by atoms with Crippen molar-refractivity contribution in [2.45, 2.75) is 66.2 Å². The van der Waals surface area contributed by atoms with Crippen LogP contribution in [0.5, 0.6) is 11.5 Å². The number of pyridine rings is 1. The lowest BCUT2D eigenvalue weighted by Crippen LogP contribution is -2.68. The molecule has 0 spiro atoms. The summed E-state index contributed by atoms with van der Waals surface area (Å²) < 4.78 is 10.7. The van der Waals surface area contributed by atoms with Crippen molar-refractivity contribution in [2.75, 3.05) is 13.7 Å². The van der Waals surface area contributed by atoms with E-state index < -0.39 is 0 Å². The molecule has 2 atom stereocenters. The molecule has 47 heavy (non-hydrogen) atoms. The molecule has 1 fully saturated rings. The molecule has 9 rings (SSSR count). The van der Waals surface area contributed by atoms with Crippen LogP contribution in [0, 0.1) is 20.5 Å². The highest BCUT2D eigenvalue weighted by Gasteiger charge is 2.59. The Hall–Kier alpha value is -4.45. The summed E-state index contributed by atoms with van der Waals surface area (Å²) >= 11 is 0. The lowest BCUT2D eigenvalue weighted by molar-refractivity contribution is 0.157. The maximum absolute atomic E-state index is 6.84. The maximum Gasteiger partial charge on any atom is 0.181 e. The zero-order chi connectivity index (χ0) is 33.1. The minimum atomic E-state index is -0.0403. The molecule has 0 unspecified atom stereocenters. The first-order chi connectivity index (χ1) is 22.2. The van der Waals surface area contributed by atoms with Crippen LogP contribution in [0.1, 0.15) is 63.8 Å². The molecule has 2 bridgehead atoms. The zero-order valence-electron chi connectivity index (χ0n) is 29.1. The SMILES string of the molecule is Cc1cc2c(cc1C)[N@@+]1(C)[CH-][N@+]2(c2cc(Oc3ccc4c5ccccc5n(-c5cc(C(C)(C)C)ccn5)c4c3)cc(C(C)(C)C)c2)C1. The van der Waals surface area contributed by atoms with Gasteiger partial charge < -0.3 is 9.22 Å². The third kappa shape index (κ3) is 4.55. The van der Waals surface area contributed by atoms with Gasteiger partial charge in [0.25, 0.3) is 0 Å². The summed E-state index contributed by atoms with van der Waals surface area (Å²) in [6.45, 7) is 21.5. The standard InChI is InChI=1S/C42H45N4O/c1-27-18-38-39(19-28(27)2)46(25-45(38,9)26-46)31-20-30(42(6,7)8)21-33(23-31)47-32-14-15-35-34-12-10-11-13-36(34)44(37(35)24-32)40-22-29(16-17-43-40)41(3,4)5/h10-25H,26H2,1-9H3/q+1/t45-,46+/m0/s1. The van der Waals surface area contributed by atoms with Crippen molar-refractivity contribution in [3.05, 3.63) is 120 Å². The van der Waals surface area contributed by atoms with E-state index in [9.17, 15) is 0 Å². The van der Waals surface area contributed by atoms with Gasteiger partial charge in [0.2, 0.25) is 0 Å². The lowest BCUT2D eigenvalue weighted by Gasteiger charge is -2.55. The smallest absolute Gasteiger partial charge is 0.181 e. The molecule has 0 amide bonds. The van der Waals surface area contributed by atoms with E-state index in [4.69, 9.17) is 9.72 Å². The third-order valence-corrected chi connectivity index (χ3v) is 10.5. The van der Waals surface area contributed by atoms with Gasteiger partial charge in [-0.05, 0) is 83.3 Å². The minimum Gasteiger partial charge on any atom is -0.457 e. The van der Waals surface area contributed by atoms with Crippen LogP contribution < -0.4 is 13.7 Å². The van der Waals surface area contributed by atoms with Crippen LogP contribution in [0.4, 0.5) is 17.1 Å². The number of benzene rings is 4. The summed E-state index contributed by atoms with van der Waals surface area (Å²) in [5.74, 6) is 2.59. The summed E-state index contributed by atoms with van der Waals surface area (Å²) in [4.78, 5) is 4.87. The molecule has 0 N–H and O–H groups in total. The molecule has 5 nitrogen and oxygen atoms in total. The minimum absolute atomic E-state index is 0.0179. The van der Waals surface area contributed by atoms with Crippen LogP contribution in [0.2, 0.25) is 0 Å². The number of quaternary nitrogens is 2. The number of fused-ring (bicyclic) bond motifs is 3. The van der Waals surface area contributed by atoms with Crippen molar-refractivity contribution < 1.29 is 4.74 Å². The average Bonchev–Trinajstić information content (AvgIpc) is 3.54. The molecule has 0 aliphatic carbocycles. The number of aromatic nitrogens is 2. The van der Waals surface area contributed by atoms with Crippen LogP contribution in [0.25, 0.3) is 27.6 Å². The number of rotatable bonds is 4.